The molecule has 110 valence electrons. The first-order valence-electron chi connectivity index (χ1n) is 7.69. The van der Waals surface area contributed by atoms with Crippen molar-refractivity contribution in [1.82, 2.24) is 9.88 Å². The standard InChI is InChI=1S/C18H23N3/c1-2-21(13-15-7-11-20-12-8-15)14-18(9-10-18)16-3-5-17(19)6-4-16/h3-8,11-12H,2,9-10,13-14,19H2,1H3. The molecule has 2 aromatic rings. The van der Waals surface area contributed by atoms with Crippen molar-refractivity contribution in [3.8, 4) is 0 Å². The Morgan fingerprint density at radius 2 is 1.76 bits per heavy atom. The first kappa shape index (κ1) is 14.1. The summed E-state index contributed by atoms with van der Waals surface area (Å²) in [5.41, 5.74) is 9.76. The van der Waals surface area contributed by atoms with Gasteiger partial charge in [-0.3, -0.25) is 9.88 Å². The molecule has 1 aliphatic rings. The Labute approximate surface area is 126 Å². The van der Waals surface area contributed by atoms with E-state index >= 15 is 0 Å². The van der Waals surface area contributed by atoms with Crippen molar-refractivity contribution in [2.24, 2.45) is 0 Å². The molecular weight excluding hydrogens is 258 g/mol. The van der Waals surface area contributed by atoms with Crippen LogP contribution in [0.4, 0.5) is 5.69 Å². The first-order valence-corrected chi connectivity index (χ1v) is 7.69. The maximum atomic E-state index is 5.80. The molecule has 0 bridgehead atoms. The zero-order chi connectivity index (χ0) is 14.7. The van der Waals surface area contributed by atoms with Crippen LogP contribution in [0.1, 0.15) is 30.9 Å². The van der Waals surface area contributed by atoms with Gasteiger partial charge in [0.2, 0.25) is 0 Å². The molecule has 3 heteroatoms. The third kappa shape index (κ3) is 3.24. The molecule has 1 aromatic heterocycles. The second-order valence-electron chi connectivity index (χ2n) is 6.06. The second-order valence-corrected chi connectivity index (χ2v) is 6.06. The van der Waals surface area contributed by atoms with Crippen molar-refractivity contribution in [2.45, 2.75) is 31.7 Å². The van der Waals surface area contributed by atoms with E-state index in [2.05, 4.69) is 41.1 Å². The largest absolute Gasteiger partial charge is 0.399 e. The zero-order valence-electron chi connectivity index (χ0n) is 12.6. The minimum Gasteiger partial charge on any atom is -0.399 e. The van der Waals surface area contributed by atoms with E-state index in [9.17, 15) is 0 Å². The molecule has 0 unspecified atom stereocenters. The molecule has 2 N–H and O–H groups in total. The predicted octanol–water partition coefficient (Wildman–Crippen LogP) is 3.22. The Morgan fingerprint density at radius 1 is 1.10 bits per heavy atom. The number of anilines is 1. The van der Waals surface area contributed by atoms with Gasteiger partial charge in [0, 0.05) is 36.6 Å². The summed E-state index contributed by atoms with van der Waals surface area (Å²) in [6, 6.07) is 12.6. The molecule has 0 atom stereocenters. The zero-order valence-corrected chi connectivity index (χ0v) is 12.6. The molecule has 1 fully saturated rings. The van der Waals surface area contributed by atoms with Gasteiger partial charge < -0.3 is 5.73 Å². The molecule has 1 aromatic carbocycles. The highest BCUT2D eigenvalue weighted by atomic mass is 15.1. The lowest BCUT2D eigenvalue weighted by molar-refractivity contribution is 0.253. The fraction of sp³-hybridized carbons (Fsp3) is 0.389. The summed E-state index contributed by atoms with van der Waals surface area (Å²) in [5, 5.41) is 0. The maximum absolute atomic E-state index is 5.80. The number of nitrogens with two attached hydrogens (primary N) is 1. The number of likely N-dealkylation sites (N-methyl/N-ethyl adjacent to an activating group) is 1. The highest BCUT2D eigenvalue weighted by molar-refractivity contribution is 5.43. The molecule has 0 radical (unpaired) electrons. The van der Waals surface area contributed by atoms with Gasteiger partial charge in [0.1, 0.15) is 0 Å². The van der Waals surface area contributed by atoms with E-state index in [1.807, 2.05) is 24.5 Å². The summed E-state index contributed by atoms with van der Waals surface area (Å²) in [5.74, 6) is 0. The topological polar surface area (TPSA) is 42.2 Å². The molecule has 0 amide bonds. The summed E-state index contributed by atoms with van der Waals surface area (Å²) in [4.78, 5) is 6.62. The quantitative estimate of drug-likeness (QED) is 0.827. The molecule has 0 spiro atoms. The highest BCUT2D eigenvalue weighted by Gasteiger charge is 2.45. The fourth-order valence-electron chi connectivity index (χ4n) is 2.98. The van der Waals surface area contributed by atoms with Crippen LogP contribution in [0.25, 0.3) is 0 Å². The van der Waals surface area contributed by atoms with Gasteiger partial charge in [0.25, 0.3) is 0 Å². The van der Waals surface area contributed by atoms with Gasteiger partial charge in [0.05, 0.1) is 0 Å². The Balaban J connectivity index is 1.70. The number of hydrogen-bond donors (Lipinski definition) is 1. The van der Waals surface area contributed by atoms with Gasteiger partial charge in [0.15, 0.2) is 0 Å². The average Bonchev–Trinajstić information content (AvgIpc) is 3.29. The first-order chi connectivity index (χ1) is 10.2. The van der Waals surface area contributed by atoms with Crippen molar-refractivity contribution in [3.05, 3.63) is 59.9 Å². The Morgan fingerprint density at radius 3 is 2.33 bits per heavy atom. The molecule has 3 rings (SSSR count). The van der Waals surface area contributed by atoms with E-state index in [4.69, 9.17) is 5.73 Å². The summed E-state index contributed by atoms with van der Waals surface area (Å²) in [6.45, 7) is 5.42. The minimum absolute atomic E-state index is 0.344. The number of nitrogen functional groups attached to an aromatic ring is 1. The normalized spacial score (nSPS) is 16.1. The number of rotatable bonds is 6. The van der Waals surface area contributed by atoms with Gasteiger partial charge in [-0.25, -0.2) is 0 Å². The van der Waals surface area contributed by atoms with Gasteiger partial charge >= 0.3 is 0 Å². The van der Waals surface area contributed by atoms with Crippen molar-refractivity contribution in [2.75, 3.05) is 18.8 Å². The molecule has 0 saturated heterocycles. The Bertz CT molecular complexity index is 573. The molecule has 1 heterocycles. The highest BCUT2D eigenvalue weighted by Crippen LogP contribution is 2.49. The SMILES string of the molecule is CCN(Cc1ccncc1)CC1(c2ccc(N)cc2)CC1. The monoisotopic (exact) mass is 281 g/mol. The van der Waals surface area contributed by atoms with Gasteiger partial charge in [-0.05, 0) is 54.8 Å². The van der Waals surface area contributed by atoms with E-state index in [0.717, 1.165) is 25.3 Å². The lowest BCUT2D eigenvalue weighted by Crippen LogP contribution is -2.32. The summed E-state index contributed by atoms with van der Waals surface area (Å²) in [7, 11) is 0. The van der Waals surface area contributed by atoms with Crippen molar-refractivity contribution < 1.29 is 0 Å². The average molecular weight is 281 g/mol. The van der Waals surface area contributed by atoms with Crippen LogP contribution in [0, 0.1) is 0 Å². The maximum Gasteiger partial charge on any atom is 0.0314 e. The van der Waals surface area contributed by atoms with Crippen LogP contribution in [0.3, 0.4) is 0 Å². The third-order valence-corrected chi connectivity index (χ3v) is 4.51. The molecule has 1 saturated carbocycles. The van der Waals surface area contributed by atoms with E-state index < -0.39 is 0 Å². The van der Waals surface area contributed by atoms with Crippen LogP contribution in [-0.2, 0) is 12.0 Å². The lowest BCUT2D eigenvalue weighted by atomic mass is 9.95. The smallest absolute Gasteiger partial charge is 0.0314 e. The minimum atomic E-state index is 0.344. The Hall–Kier alpha value is -1.87. The van der Waals surface area contributed by atoms with Crippen LogP contribution in [0.2, 0.25) is 0 Å². The summed E-state index contributed by atoms with van der Waals surface area (Å²) < 4.78 is 0. The second kappa shape index (κ2) is 5.86. The van der Waals surface area contributed by atoms with E-state index in [0.29, 0.717) is 5.41 Å². The van der Waals surface area contributed by atoms with Crippen LogP contribution in [0.5, 0.6) is 0 Å². The van der Waals surface area contributed by atoms with Crippen molar-refractivity contribution >= 4 is 5.69 Å². The molecule has 21 heavy (non-hydrogen) atoms. The van der Waals surface area contributed by atoms with E-state index in [1.165, 1.54) is 24.0 Å². The summed E-state index contributed by atoms with van der Waals surface area (Å²) >= 11 is 0. The van der Waals surface area contributed by atoms with Crippen LogP contribution in [0.15, 0.2) is 48.8 Å². The van der Waals surface area contributed by atoms with Crippen LogP contribution >= 0.6 is 0 Å². The number of benzene rings is 1. The van der Waals surface area contributed by atoms with Crippen LogP contribution < -0.4 is 5.73 Å². The third-order valence-electron chi connectivity index (χ3n) is 4.51. The van der Waals surface area contributed by atoms with Gasteiger partial charge in [-0.1, -0.05) is 19.1 Å². The predicted molar refractivity (Wildman–Crippen MR) is 87.0 cm³/mol. The number of nitrogens with zero attached hydrogens (tertiary/aromatic N) is 2. The number of pyridine rings is 1. The molecule has 1 aliphatic carbocycles. The fourth-order valence-corrected chi connectivity index (χ4v) is 2.98. The number of hydrogen-bond acceptors (Lipinski definition) is 3. The molecular formula is C18H23N3. The van der Waals surface area contributed by atoms with E-state index in [-0.39, 0.29) is 0 Å². The van der Waals surface area contributed by atoms with Gasteiger partial charge in [-0.2, -0.15) is 0 Å². The number of aromatic nitrogens is 1. The van der Waals surface area contributed by atoms with E-state index in [1.54, 1.807) is 0 Å². The van der Waals surface area contributed by atoms with Crippen molar-refractivity contribution in [1.29, 1.82) is 0 Å². The molecule has 3 nitrogen and oxygen atoms in total. The Kier molecular flexibility index (Phi) is 3.93. The van der Waals surface area contributed by atoms with Crippen LogP contribution in [-0.4, -0.2) is 23.0 Å². The lowest BCUT2D eigenvalue weighted by Gasteiger charge is -2.27. The summed E-state index contributed by atoms with van der Waals surface area (Å²) in [6.07, 6.45) is 6.31. The van der Waals surface area contributed by atoms with Gasteiger partial charge in [-0.15, -0.1) is 0 Å². The molecule has 0 aliphatic heterocycles. The van der Waals surface area contributed by atoms with Crippen molar-refractivity contribution in [3.63, 3.8) is 0 Å².